The minimum absolute atomic E-state index is 0.0136. The van der Waals surface area contributed by atoms with Crippen LogP contribution < -0.4 is 4.74 Å². The fraction of sp³-hybridized carbons (Fsp3) is 0.250. The molecule has 0 saturated carbocycles. The standard InChI is InChI=1S/C20H15ClF6N4O4S/c1-30(9-15-8-17(35-11-32)31(29-15)18-16(21)3-2-4-28-18)36(33,34)10-12-5-13(19(22,23)24)7-14(6-12)20(25,26)27/h2-8,11H,9-10H2,1H3. The van der Waals surface area contributed by atoms with Crippen LogP contribution in [-0.4, -0.2) is 41.0 Å². The number of halogens is 7. The molecule has 0 N–H and O–H groups in total. The second kappa shape index (κ2) is 10.1. The van der Waals surface area contributed by atoms with Crippen LogP contribution in [-0.2, 0) is 39.5 Å². The number of ether oxygens (including phenoxy) is 1. The van der Waals surface area contributed by atoms with E-state index in [1.807, 2.05) is 0 Å². The lowest BCUT2D eigenvalue weighted by Gasteiger charge is -2.18. The van der Waals surface area contributed by atoms with Crippen molar-refractivity contribution in [3.63, 3.8) is 0 Å². The first kappa shape index (κ1) is 27.4. The molecule has 2 aromatic heterocycles. The maximum atomic E-state index is 13.1. The molecule has 2 heterocycles. The fourth-order valence-electron chi connectivity index (χ4n) is 3.06. The lowest BCUT2D eigenvalue weighted by Crippen LogP contribution is -2.28. The van der Waals surface area contributed by atoms with Gasteiger partial charge in [0.15, 0.2) is 5.82 Å². The fourth-order valence-corrected chi connectivity index (χ4v) is 4.39. The third-order valence-corrected chi connectivity index (χ3v) is 6.76. The van der Waals surface area contributed by atoms with Crippen LogP contribution in [0.1, 0.15) is 22.4 Å². The van der Waals surface area contributed by atoms with E-state index < -0.39 is 51.4 Å². The molecule has 0 unspecified atom stereocenters. The Morgan fingerprint density at radius 3 is 2.22 bits per heavy atom. The summed E-state index contributed by atoms with van der Waals surface area (Å²) in [4.78, 5) is 14.9. The Morgan fingerprint density at radius 1 is 1.08 bits per heavy atom. The predicted molar refractivity (Wildman–Crippen MR) is 114 cm³/mol. The van der Waals surface area contributed by atoms with Crippen LogP contribution in [0.4, 0.5) is 26.3 Å². The van der Waals surface area contributed by atoms with Gasteiger partial charge in [-0.15, -0.1) is 0 Å². The van der Waals surface area contributed by atoms with E-state index in [1.165, 1.54) is 24.4 Å². The zero-order chi connectivity index (χ0) is 26.9. The lowest BCUT2D eigenvalue weighted by atomic mass is 10.1. The van der Waals surface area contributed by atoms with Crippen molar-refractivity contribution in [2.45, 2.75) is 24.7 Å². The van der Waals surface area contributed by atoms with Crippen LogP contribution in [0.25, 0.3) is 5.82 Å². The molecule has 0 radical (unpaired) electrons. The normalized spacial score (nSPS) is 12.7. The number of aromatic nitrogens is 3. The van der Waals surface area contributed by atoms with Crippen LogP contribution in [0.3, 0.4) is 0 Å². The van der Waals surface area contributed by atoms with E-state index in [2.05, 4.69) is 10.1 Å². The van der Waals surface area contributed by atoms with Gasteiger partial charge < -0.3 is 4.74 Å². The SMILES string of the molecule is CN(Cc1cc(OC=O)n(-c2ncccc2Cl)n1)S(=O)(=O)Cc1cc(C(F)(F)F)cc(C(F)(F)F)c1. The minimum Gasteiger partial charge on any atom is -0.409 e. The molecule has 3 rings (SSSR count). The molecule has 0 spiro atoms. The molecule has 0 aliphatic rings. The average molecular weight is 557 g/mol. The summed E-state index contributed by atoms with van der Waals surface area (Å²) >= 11 is 6.06. The van der Waals surface area contributed by atoms with Crippen molar-refractivity contribution in [2.24, 2.45) is 0 Å². The Morgan fingerprint density at radius 2 is 1.69 bits per heavy atom. The van der Waals surface area contributed by atoms with E-state index in [-0.39, 0.29) is 35.0 Å². The first-order chi connectivity index (χ1) is 16.6. The predicted octanol–water partition coefficient (Wildman–Crippen LogP) is 4.46. The monoisotopic (exact) mass is 556 g/mol. The van der Waals surface area contributed by atoms with Gasteiger partial charge >= 0.3 is 12.4 Å². The highest BCUT2D eigenvalue weighted by atomic mass is 35.5. The third kappa shape index (κ3) is 6.33. The third-order valence-electron chi connectivity index (χ3n) is 4.69. The molecule has 0 saturated heterocycles. The zero-order valence-corrected chi connectivity index (χ0v) is 19.6. The van der Waals surface area contributed by atoms with Gasteiger partial charge in [-0.25, -0.2) is 13.4 Å². The summed E-state index contributed by atoms with van der Waals surface area (Å²) < 4.78 is 111. The molecular weight excluding hydrogens is 542 g/mol. The molecule has 16 heteroatoms. The van der Waals surface area contributed by atoms with Crippen molar-refractivity contribution in [3.05, 3.63) is 70.0 Å². The molecule has 0 amide bonds. The summed E-state index contributed by atoms with van der Waals surface area (Å²) in [7, 11) is -3.37. The largest absolute Gasteiger partial charge is 0.416 e. The van der Waals surface area contributed by atoms with Gasteiger partial charge in [-0.05, 0) is 35.9 Å². The van der Waals surface area contributed by atoms with Gasteiger partial charge in [0.2, 0.25) is 15.9 Å². The molecule has 0 atom stereocenters. The zero-order valence-electron chi connectivity index (χ0n) is 18.0. The van der Waals surface area contributed by atoms with Crippen molar-refractivity contribution in [3.8, 4) is 11.7 Å². The molecule has 0 fully saturated rings. The van der Waals surface area contributed by atoms with Crippen LogP contribution in [0.2, 0.25) is 5.02 Å². The first-order valence-corrected chi connectivity index (χ1v) is 11.6. The van der Waals surface area contributed by atoms with Crippen LogP contribution >= 0.6 is 11.6 Å². The number of sulfonamides is 1. The molecule has 1 aromatic carbocycles. The van der Waals surface area contributed by atoms with Crippen LogP contribution in [0.5, 0.6) is 5.88 Å². The highest BCUT2D eigenvalue weighted by Crippen LogP contribution is 2.37. The molecule has 0 aliphatic heterocycles. The highest BCUT2D eigenvalue weighted by molar-refractivity contribution is 7.88. The van der Waals surface area contributed by atoms with E-state index in [0.717, 1.165) is 11.7 Å². The first-order valence-electron chi connectivity index (χ1n) is 9.64. The van der Waals surface area contributed by atoms with E-state index in [4.69, 9.17) is 16.3 Å². The van der Waals surface area contributed by atoms with Crippen molar-refractivity contribution >= 4 is 28.1 Å². The van der Waals surface area contributed by atoms with Crippen LogP contribution in [0, 0.1) is 0 Å². The number of hydrogen-bond acceptors (Lipinski definition) is 6. The molecule has 0 aliphatic carbocycles. The Hall–Kier alpha value is -3.17. The number of benzene rings is 1. The number of rotatable bonds is 8. The van der Waals surface area contributed by atoms with Gasteiger partial charge in [-0.2, -0.15) is 40.4 Å². The topological polar surface area (TPSA) is 94.4 Å². The maximum absolute atomic E-state index is 13.1. The average Bonchev–Trinajstić information content (AvgIpc) is 3.14. The second-order valence-corrected chi connectivity index (χ2v) is 9.82. The van der Waals surface area contributed by atoms with Crippen molar-refractivity contribution < 1.29 is 44.3 Å². The van der Waals surface area contributed by atoms with E-state index in [0.29, 0.717) is 16.4 Å². The maximum Gasteiger partial charge on any atom is 0.416 e. The number of pyridine rings is 1. The van der Waals surface area contributed by atoms with Crippen molar-refractivity contribution in [1.82, 2.24) is 19.1 Å². The second-order valence-electron chi connectivity index (χ2n) is 7.34. The van der Waals surface area contributed by atoms with Gasteiger partial charge in [0, 0.05) is 19.3 Å². The number of nitrogens with zero attached hydrogens (tertiary/aromatic N) is 4. The number of alkyl halides is 6. The summed E-state index contributed by atoms with van der Waals surface area (Å²) in [5, 5.41) is 4.21. The summed E-state index contributed by atoms with van der Waals surface area (Å²) in [6.07, 6.45) is -8.88. The number of carbonyl (C=O) groups is 1. The quantitative estimate of drug-likeness (QED) is 0.300. The van der Waals surface area contributed by atoms with Gasteiger partial charge in [0.05, 0.1) is 34.1 Å². The summed E-state index contributed by atoms with van der Waals surface area (Å²) in [6.45, 7) is -0.388. The molecule has 194 valence electrons. The van der Waals surface area contributed by atoms with Gasteiger partial charge in [-0.1, -0.05) is 11.6 Å². The van der Waals surface area contributed by atoms with E-state index in [9.17, 15) is 39.6 Å². The highest BCUT2D eigenvalue weighted by Gasteiger charge is 2.37. The minimum atomic E-state index is -5.12. The lowest BCUT2D eigenvalue weighted by molar-refractivity contribution is -0.143. The molecule has 3 aromatic rings. The van der Waals surface area contributed by atoms with Crippen LogP contribution in [0.15, 0.2) is 42.6 Å². The van der Waals surface area contributed by atoms with E-state index >= 15 is 0 Å². The van der Waals surface area contributed by atoms with Gasteiger partial charge in [0.25, 0.3) is 6.47 Å². The number of hydrogen-bond donors (Lipinski definition) is 0. The summed E-state index contributed by atoms with van der Waals surface area (Å²) in [5.41, 5.74) is -3.96. The van der Waals surface area contributed by atoms with Crippen molar-refractivity contribution in [2.75, 3.05) is 7.05 Å². The van der Waals surface area contributed by atoms with Crippen molar-refractivity contribution in [1.29, 1.82) is 0 Å². The van der Waals surface area contributed by atoms with E-state index in [1.54, 1.807) is 0 Å². The number of carbonyl (C=O) groups excluding carboxylic acids is 1. The Labute approximate surface area is 205 Å². The Kier molecular flexibility index (Phi) is 7.66. The Balaban J connectivity index is 1.90. The Bertz CT molecular complexity index is 1340. The molecular formula is C20H15ClF6N4O4S. The molecule has 36 heavy (non-hydrogen) atoms. The smallest absolute Gasteiger partial charge is 0.409 e. The van der Waals surface area contributed by atoms with Gasteiger partial charge in [-0.3, -0.25) is 4.79 Å². The molecule has 0 bridgehead atoms. The van der Waals surface area contributed by atoms with Gasteiger partial charge in [0.1, 0.15) is 0 Å². The summed E-state index contributed by atoms with van der Waals surface area (Å²) in [5.74, 6) is -1.27. The summed E-state index contributed by atoms with van der Waals surface area (Å²) in [6, 6.07) is 4.77. The molecule has 8 nitrogen and oxygen atoms in total.